The first-order chi connectivity index (χ1) is 10.4. The first-order valence-electron chi connectivity index (χ1n) is 6.46. The molecule has 2 aromatic heterocycles. The topological polar surface area (TPSA) is 61.8 Å². The van der Waals surface area contributed by atoms with Crippen LogP contribution in [0.15, 0.2) is 33.9 Å². The van der Waals surface area contributed by atoms with E-state index in [1.54, 1.807) is 12.1 Å². The molecule has 0 amide bonds. The van der Waals surface area contributed by atoms with Crippen molar-refractivity contribution in [3.8, 4) is 0 Å². The van der Waals surface area contributed by atoms with Gasteiger partial charge in [0.25, 0.3) is 5.56 Å². The molecule has 114 valence electrons. The summed E-state index contributed by atoms with van der Waals surface area (Å²) in [4.78, 5) is 28.4. The lowest BCUT2D eigenvalue weighted by molar-refractivity contribution is 0.626. The Balaban J connectivity index is 2.26. The maximum Gasteiger partial charge on any atom is 0.332 e. The summed E-state index contributed by atoms with van der Waals surface area (Å²) in [5.41, 5.74) is 0.276. The van der Waals surface area contributed by atoms with Gasteiger partial charge in [0.05, 0.1) is 6.54 Å². The minimum Gasteiger partial charge on any atom is -0.304 e. The Bertz CT molecular complexity index is 985. The fourth-order valence-corrected chi connectivity index (χ4v) is 2.56. The van der Waals surface area contributed by atoms with E-state index in [-0.39, 0.29) is 28.8 Å². The highest BCUT2D eigenvalue weighted by atomic mass is 35.5. The Morgan fingerprint density at radius 1 is 1.14 bits per heavy atom. The van der Waals surface area contributed by atoms with Crippen LogP contribution in [0.4, 0.5) is 4.39 Å². The summed E-state index contributed by atoms with van der Waals surface area (Å²) in [6.07, 6.45) is 0. The number of aromatic nitrogens is 4. The molecule has 3 aromatic rings. The Morgan fingerprint density at radius 3 is 2.41 bits per heavy atom. The molecule has 3 rings (SSSR count). The lowest BCUT2D eigenvalue weighted by Gasteiger charge is -2.07. The molecular weight excluding hydrogens is 311 g/mol. The third-order valence-corrected chi connectivity index (χ3v) is 3.84. The summed E-state index contributed by atoms with van der Waals surface area (Å²) in [6, 6.07) is 5.86. The van der Waals surface area contributed by atoms with Crippen molar-refractivity contribution in [1.82, 2.24) is 18.7 Å². The van der Waals surface area contributed by atoms with Gasteiger partial charge in [-0.05, 0) is 29.3 Å². The molecule has 0 saturated carbocycles. The molecule has 0 radical (unpaired) electrons. The fourth-order valence-electron chi connectivity index (χ4n) is 2.34. The largest absolute Gasteiger partial charge is 0.332 e. The third kappa shape index (κ3) is 2.14. The van der Waals surface area contributed by atoms with E-state index in [0.717, 1.165) is 10.1 Å². The van der Waals surface area contributed by atoms with Crippen molar-refractivity contribution in [3.63, 3.8) is 0 Å². The van der Waals surface area contributed by atoms with Crippen LogP contribution in [-0.4, -0.2) is 18.7 Å². The standard InChI is InChI=1S/C14H12ClFN4O2/c1-18-11-10(12(21)19(2)14(18)22)20(13(15)17-11)7-8-3-5-9(16)6-4-8/h3-6H,7H2,1-2H3. The highest BCUT2D eigenvalue weighted by Crippen LogP contribution is 2.17. The lowest BCUT2D eigenvalue weighted by atomic mass is 10.2. The maximum absolute atomic E-state index is 13.0. The highest BCUT2D eigenvalue weighted by Gasteiger charge is 2.18. The molecule has 0 fully saturated rings. The SMILES string of the molecule is Cn1c(=O)c2c(nc(Cl)n2Cc2ccc(F)cc2)n(C)c1=O. The van der Waals surface area contributed by atoms with Crippen molar-refractivity contribution >= 4 is 22.8 Å². The summed E-state index contributed by atoms with van der Waals surface area (Å²) in [5.74, 6) is -0.344. The minimum atomic E-state index is -0.473. The maximum atomic E-state index is 13.0. The zero-order valence-electron chi connectivity index (χ0n) is 11.9. The monoisotopic (exact) mass is 322 g/mol. The van der Waals surface area contributed by atoms with Crippen molar-refractivity contribution in [2.75, 3.05) is 0 Å². The van der Waals surface area contributed by atoms with Gasteiger partial charge >= 0.3 is 5.69 Å². The van der Waals surface area contributed by atoms with Gasteiger partial charge in [0, 0.05) is 14.1 Å². The Hall–Kier alpha value is -2.41. The summed E-state index contributed by atoms with van der Waals surface area (Å²) >= 11 is 6.11. The molecule has 0 N–H and O–H groups in total. The number of halogens is 2. The smallest absolute Gasteiger partial charge is 0.304 e. The van der Waals surface area contributed by atoms with Crippen molar-refractivity contribution in [2.24, 2.45) is 14.1 Å². The van der Waals surface area contributed by atoms with E-state index in [1.165, 1.54) is 35.4 Å². The number of aryl methyl sites for hydroxylation is 1. The molecule has 0 bridgehead atoms. The van der Waals surface area contributed by atoms with Gasteiger partial charge in [0.1, 0.15) is 5.82 Å². The second-order valence-corrected chi connectivity index (χ2v) is 5.31. The van der Waals surface area contributed by atoms with E-state index < -0.39 is 11.2 Å². The second-order valence-electron chi connectivity index (χ2n) is 4.97. The first kappa shape index (κ1) is 14.5. The molecular formula is C14H12ClFN4O2. The molecule has 0 aliphatic carbocycles. The number of nitrogens with zero attached hydrogens (tertiary/aromatic N) is 4. The fraction of sp³-hybridized carbons (Fsp3) is 0.214. The summed E-state index contributed by atoms with van der Waals surface area (Å²) in [7, 11) is 2.92. The van der Waals surface area contributed by atoms with Crippen LogP contribution >= 0.6 is 11.6 Å². The molecule has 0 spiro atoms. The van der Waals surface area contributed by atoms with Gasteiger partial charge < -0.3 is 4.57 Å². The highest BCUT2D eigenvalue weighted by molar-refractivity contribution is 6.29. The molecule has 0 saturated heterocycles. The molecule has 0 aliphatic rings. The van der Waals surface area contributed by atoms with Crippen molar-refractivity contribution in [2.45, 2.75) is 6.54 Å². The minimum absolute atomic E-state index is 0.0950. The van der Waals surface area contributed by atoms with Crippen LogP contribution in [0.25, 0.3) is 11.2 Å². The van der Waals surface area contributed by atoms with Crippen LogP contribution in [0, 0.1) is 5.82 Å². The molecule has 0 atom stereocenters. The van der Waals surface area contributed by atoms with Gasteiger partial charge in [-0.15, -0.1) is 0 Å². The van der Waals surface area contributed by atoms with Crippen LogP contribution in [0.5, 0.6) is 0 Å². The number of benzene rings is 1. The van der Waals surface area contributed by atoms with Crippen LogP contribution in [0.2, 0.25) is 5.28 Å². The zero-order valence-corrected chi connectivity index (χ0v) is 12.6. The van der Waals surface area contributed by atoms with Crippen molar-refractivity contribution < 1.29 is 4.39 Å². The van der Waals surface area contributed by atoms with E-state index in [9.17, 15) is 14.0 Å². The van der Waals surface area contributed by atoms with Gasteiger partial charge in [-0.1, -0.05) is 12.1 Å². The van der Waals surface area contributed by atoms with E-state index >= 15 is 0 Å². The number of hydrogen-bond donors (Lipinski definition) is 0. The normalized spacial score (nSPS) is 11.3. The van der Waals surface area contributed by atoms with Crippen molar-refractivity contribution in [1.29, 1.82) is 0 Å². The van der Waals surface area contributed by atoms with E-state index in [2.05, 4.69) is 4.98 Å². The van der Waals surface area contributed by atoms with Gasteiger partial charge in [0.2, 0.25) is 5.28 Å². The second kappa shape index (κ2) is 5.10. The predicted molar refractivity (Wildman–Crippen MR) is 80.7 cm³/mol. The average Bonchev–Trinajstić information content (AvgIpc) is 2.82. The summed E-state index contributed by atoms with van der Waals surface area (Å²) in [5, 5.41) is 0.0950. The molecule has 8 heteroatoms. The third-order valence-electron chi connectivity index (χ3n) is 3.56. The molecule has 6 nitrogen and oxygen atoms in total. The van der Waals surface area contributed by atoms with E-state index in [4.69, 9.17) is 11.6 Å². The number of rotatable bonds is 2. The molecule has 0 aliphatic heterocycles. The average molecular weight is 323 g/mol. The van der Waals surface area contributed by atoms with Crippen LogP contribution < -0.4 is 11.2 Å². The van der Waals surface area contributed by atoms with E-state index in [1.807, 2.05) is 0 Å². The Kier molecular flexibility index (Phi) is 3.37. The Morgan fingerprint density at radius 2 is 1.77 bits per heavy atom. The Labute approximate surface area is 129 Å². The molecule has 1 aromatic carbocycles. The molecule has 2 heterocycles. The molecule has 0 unspecified atom stereocenters. The van der Waals surface area contributed by atoms with Crippen LogP contribution in [0.1, 0.15) is 5.56 Å². The van der Waals surface area contributed by atoms with Gasteiger partial charge in [-0.2, -0.15) is 4.98 Å². The number of imidazole rings is 1. The van der Waals surface area contributed by atoms with Crippen LogP contribution in [-0.2, 0) is 20.6 Å². The quantitative estimate of drug-likeness (QED) is 0.668. The number of fused-ring (bicyclic) bond motifs is 1. The lowest BCUT2D eigenvalue weighted by Crippen LogP contribution is -2.37. The number of hydrogen-bond acceptors (Lipinski definition) is 3. The first-order valence-corrected chi connectivity index (χ1v) is 6.84. The predicted octanol–water partition coefficient (Wildman–Crippen LogP) is 1.27. The van der Waals surface area contributed by atoms with Gasteiger partial charge in [-0.3, -0.25) is 13.9 Å². The summed E-state index contributed by atoms with van der Waals surface area (Å²) < 4.78 is 16.8. The zero-order chi connectivity index (χ0) is 16.0. The van der Waals surface area contributed by atoms with Crippen LogP contribution in [0.3, 0.4) is 0 Å². The van der Waals surface area contributed by atoms with E-state index in [0.29, 0.717) is 0 Å². The molecule has 22 heavy (non-hydrogen) atoms. The van der Waals surface area contributed by atoms with Gasteiger partial charge in [-0.25, -0.2) is 9.18 Å². The summed E-state index contributed by atoms with van der Waals surface area (Å²) in [6.45, 7) is 0.253. The van der Waals surface area contributed by atoms with Gasteiger partial charge in [0.15, 0.2) is 11.2 Å². The van der Waals surface area contributed by atoms with Crippen molar-refractivity contribution in [3.05, 3.63) is 61.8 Å².